The Morgan fingerprint density at radius 2 is 2.00 bits per heavy atom. The number of phenols is 1. The molecular weight excluding hydrogens is 479 g/mol. The van der Waals surface area contributed by atoms with Crippen LogP contribution in [0.3, 0.4) is 0 Å². The van der Waals surface area contributed by atoms with E-state index in [1.54, 1.807) is 0 Å². The van der Waals surface area contributed by atoms with Crippen LogP contribution in [-0.4, -0.2) is 67.3 Å². The summed E-state index contributed by atoms with van der Waals surface area (Å²) in [6, 6.07) is 2.84. The minimum absolute atomic E-state index is 0.0392. The number of carbonyl (C=O) groups is 1. The summed E-state index contributed by atoms with van der Waals surface area (Å²) in [5.41, 5.74) is 0.806. The Morgan fingerprint density at radius 3 is 2.61 bits per heavy atom. The number of hydrogen-bond donors (Lipinski definition) is 3. The predicted molar refractivity (Wildman–Crippen MR) is 120 cm³/mol. The molecule has 1 unspecified atom stereocenters. The first kappa shape index (κ1) is 22.7. The number of carbonyl (C=O) groups excluding carboxylic acids is 1. The summed E-state index contributed by atoms with van der Waals surface area (Å²) < 4.78 is 43.4. The molecule has 3 saturated carbocycles. The molecule has 1 aromatic carbocycles. The van der Waals surface area contributed by atoms with Crippen molar-refractivity contribution in [3.8, 4) is 33.9 Å². The smallest absolute Gasteiger partial charge is 0.491 e. The van der Waals surface area contributed by atoms with Crippen LogP contribution in [0, 0.1) is 5.92 Å². The summed E-state index contributed by atoms with van der Waals surface area (Å²) in [7, 11) is 0. The number of nitrogens with one attached hydrogen (secondary N) is 2. The molecule has 2 aromatic heterocycles. The summed E-state index contributed by atoms with van der Waals surface area (Å²) in [6.45, 7) is 1.48. The van der Waals surface area contributed by atoms with E-state index in [1.807, 2.05) is 4.90 Å². The Balaban J connectivity index is 1.25. The number of anilines is 1. The minimum atomic E-state index is -5.23. The van der Waals surface area contributed by atoms with Gasteiger partial charge < -0.3 is 20.1 Å². The number of phenolic OH excluding ortho intramolecular Hbond substituents is 1. The quantitative estimate of drug-likeness (QED) is 0.345. The minimum Gasteiger partial charge on any atom is -0.507 e. The number of aromatic hydroxyl groups is 1. The Kier molecular flexibility index (Phi) is 5.14. The number of rotatable bonds is 6. The SMILES string of the molecule is O=C(Oc1cc(-c2cn[nH]c2)cc(O)c1-c1cnc(N2CCC(NC34CC(C3)C4)C2)nn1)C(F)(F)F. The van der Waals surface area contributed by atoms with Gasteiger partial charge in [-0.3, -0.25) is 5.10 Å². The molecule has 1 saturated heterocycles. The molecule has 3 aliphatic carbocycles. The van der Waals surface area contributed by atoms with E-state index in [9.17, 15) is 23.1 Å². The van der Waals surface area contributed by atoms with Crippen molar-refractivity contribution in [2.45, 2.75) is 43.4 Å². The summed E-state index contributed by atoms with van der Waals surface area (Å²) in [5, 5.41) is 29.0. The molecule has 3 heterocycles. The van der Waals surface area contributed by atoms with Gasteiger partial charge >= 0.3 is 12.1 Å². The number of aromatic amines is 1. The van der Waals surface area contributed by atoms with Gasteiger partial charge in [-0.1, -0.05) is 0 Å². The third-order valence-electron chi connectivity index (χ3n) is 7.17. The summed E-state index contributed by atoms with van der Waals surface area (Å²) in [5.74, 6) is -2.14. The summed E-state index contributed by atoms with van der Waals surface area (Å²) >= 11 is 0. The van der Waals surface area contributed by atoms with Crippen molar-refractivity contribution in [1.82, 2.24) is 30.7 Å². The van der Waals surface area contributed by atoms with Crippen molar-refractivity contribution in [3.63, 3.8) is 0 Å². The first-order valence-electron chi connectivity index (χ1n) is 11.6. The maximum atomic E-state index is 12.9. The Hall–Kier alpha value is -3.74. The summed E-state index contributed by atoms with van der Waals surface area (Å²) in [4.78, 5) is 17.9. The van der Waals surface area contributed by atoms with E-state index in [0.29, 0.717) is 23.1 Å². The molecule has 0 spiro atoms. The van der Waals surface area contributed by atoms with Crippen molar-refractivity contribution in [3.05, 3.63) is 30.7 Å². The third-order valence-corrected chi connectivity index (χ3v) is 7.17. The molecule has 4 fully saturated rings. The van der Waals surface area contributed by atoms with Gasteiger partial charge in [0.1, 0.15) is 17.2 Å². The average Bonchev–Trinajstić information content (AvgIpc) is 3.47. The van der Waals surface area contributed by atoms with Crippen LogP contribution in [0.25, 0.3) is 22.4 Å². The summed E-state index contributed by atoms with van der Waals surface area (Å²) in [6.07, 6.45) is 3.65. The molecule has 7 rings (SSSR count). The van der Waals surface area contributed by atoms with Crippen LogP contribution in [0.2, 0.25) is 0 Å². The number of halogens is 3. The van der Waals surface area contributed by atoms with E-state index >= 15 is 0 Å². The van der Waals surface area contributed by atoms with Gasteiger partial charge in [-0.25, -0.2) is 9.78 Å². The maximum Gasteiger partial charge on any atom is 0.491 e. The van der Waals surface area contributed by atoms with E-state index in [0.717, 1.165) is 25.4 Å². The number of aromatic nitrogens is 5. The molecule has 1 aliphatic heterocycles. The standard InChI is InChI=1S/C23H22F3N7O3/c24-23(25,26)20(35)36-18-4-13(14-8-28-29-9-14)3-17(34)19(18)16-10-27-21(32-31-16)33-2-1-15(11-33)30-22-5-12(6-22)7-22/h3-4,8-10,12,15,30,34H,1-2,5-7,11H2,(H,28,29). The highest BCUT2D eigenvalue weighted by molar-refractivity contribution is 5.85. The zero-order chi connectivity index (χ0) is 25.1. The third kappa shape index (κ3) is 4.02. The fourth-order valence-electron chi connectivity index (χ4n) is 5.35. The molecule has 3 aromatic rings. The van der Waals surface area contributed by atoms with Crippen LogP contribution in [0.5, 0.6) is 11.5 Å². The van der Waals surface area contributed by atoms with Gasteiger partial charge in [0.2, 0.25) is 5.95 Å². The second kappa shape index (κ2) is 8.15. The number of ether oxygens (including phenoxy) is 1. The van der Waals surface area contributed by atoms with Crippen molar-refractivity contribution in [2.75, 3.05) is 18.0 Å². The topological polar surface area (TPSA) is 129 Å². The van der Waals surface area contributed by atoms with Gasteiger partial charge in [0, 0.05) is 36.4 Å². The molecule has 0 radical (unpaired) electrons. The van der Waals surface area contributed by atoms with Crippen molar-refractivity contribution < 1.29 is 27.8 Å². The fraction of sp³-hybridized carbons (Fsp3) is 0.435. The largest absolute Gasteiger partial charge is 0.507 e. The van der Waals surface area contributed by atoms with E-state index in [-0.39, 0.29) is 16.8 Å². The van der Waals surface area contributed by atoms with E-state index < -0.39 is 23.6 Å². The number of benzene rings is 1. The van der Waals surface area contributed by atoms with E-state index in [2.05, 4.69) is 35.4 Å². The highest BCUT2D eigenvalue weighted by atomic mass is 19.4. The Labute approximate surface area is 202 Å². The Bertz CT molecular complexity index is 1280. The molecule has 188 valence electrons. The number of hydrogen-bond acceptors (Lipinski definition) is 9. The van der Waals surface area contributed by atoms with Gasteiger partial charge in [-0.2, -0.15) is 18.3 Å². The van der Waals surface area contributed by atoms with Gasteiger partial charge in [0.25, 0.3) is 0 Å². The van der Waals surface area contributed by atoms with Crippen LogP contribution < -0.4 is 15.0 Å². The van der Waals surface area contributed by atoms with Crippen molar-refractivity contribution in [1.29, 1.82) is 0 Å². The van der Waals surface area contributed by atoms with Gasteiger partial charge in [0.05, 0.1) is 18.0 Å². The maximum absolute atomic E-state index is 12.9. The highest BCUT2D eigenvalue weighted by Crippen LogP contribution is 2.57. The lowest BCUT2D eigenvalue weighted by atomic mass is 9.49. The molecule has 13 heteroatoms. The fourth-order valence-corrected chi connectivity index (χ4v) is 5.35. The molecular formula is C23H22F3N7O3. The predicted octanol–water partition coefficient (Wildman–Crippen LogP) is 2.82. The normalized spacial score (nSPS) is 24.8. The number of esters is 1. The second-order valence-corrected chi connectivity index (χ2v) is 9.72. The molecule has 4 aliphatic rings. The average molecular weight is 501 g/mol. The monoisotopic (exact) mass is 501 g/mol. The van der Waals surface area contributed by atoms with Crippen molar-refractivity contribution >= 4 is 11.9 Å². The molecule has 1 atom stereocenters. The molecule has 3 N–H and O–H groups in total. The zero-order valence-corrected chi connectivity index (χ0v) is 18.9. The first-order chi connectivity index (χ1) is 17.2. The Morgan fingerprint density at radius 1 is 1.19 bits per heavy atom. The van der Waals surface area contributed by atoms with Crippen LogP contribution in [0.1, 0.15) is 25.7 Å². The highest BCUT2D eigenvalue weighted by Gasteiger charge is 2.57. The van der Waals surface area contributed by atoms with Crippen molar-refractivity contribution in [2.24, 2.45) is 5.92 Å². The molecule has 2 bridgehead atoms. The zero-order valence-electron chi connectivity index (χ0n) is 18.9. The molecule has 36 heavy (non-hydrogen) atoms. The lowest BCUT2D eigenvalue weighted by molar-refractivity contribution is -0.189. The molecule has 10 nitrogen and oxygen atoms in total. The van der Waals surface area contributed by atoms with Crippen LogP contribution in [-0.2, 0) is 4.79 Å². The van der Waals surface area contributed by atoms with Crippen LogP contribution in [0.4, 0.5) is 19.1 Å². The number of H-pyrrole nitrogens is 1. The van der Waals surface area contributed by atoms with Crippen LogP contribution in [0.15, 0.2) is 30.7 Å². The first-order valence-corrected chi connectivity index (χ1v) is 11.6. The van der Waals surface area contributed by atoms with Gasteiger partial charge in [0.15, 0.2) is 0 Å². The van der Waals surface area contributed by atoms with E-state index in [1.165, 1.54) is 50.0 Å². The van der Waals surface area contributed by atoms with Gasteiger partial charge in [-0.15, -0.1) is 10.2 Å². The lowest BCUT2D eigenvalue weighted by Gasteiger charge is -2.63. The number of nitrogens with zero attached hydrogens (tertiary/aromatic N) is 5. The lowest BCUT2D eigenvalue weighted by Crippen LogP contribution is -2.69. The number of alkyl halides is 3. The van der Waals surface area contributed by atoms with Gasteiger partial charge in [-0.05, 0) is 49.3 Å². The second-order valence-electron chi connectivity index (χ2n) is 9.72. The van der Waals surface area contributed by atoms with Crippen LogP contribution >= 0.6 is 0 Å². The van der Waals surface area contributed by atoms with E-state index in [4.69, 9.17) is 0 Å². The molecule has 0 amide bonds.